The minimum absolute atomic E-state index is 0.201. The highest BCUT2D eigenvalue weighted by Crippen LogP contribution is 2.41. The molecule has 9 heteroatoms. The summed E-state index contributed by atoms with van der Waals surface area (Å²) in [5.74, 6) is -2.69. The summed E-state index contributed by atoms with van der Waals surface area (Å²) in [7, 11) is 1.51. The Morgan fingerprint density at radius 1 is 1.12 bits per heavy atom. The Hall–Kier alpha value is -3.07. The first kappa shape index (κ1) is 24.1. The fraction of sp³-hybridized carbons (Fsp3) is 0.440. The Labute approximate surface area is 195 Å². The van der Waals surface area contributed by atoms with E-state index in [4.69, 9.17) is 9.47 Å². The fourth-order valence-electron chi connectivity index (χ4n) is 4.58. The first-order valence-corrected chi connectivity index (χ1v) is 11.1. The maximum Gasteiger partial charge on any atom is 0.391 e. The van der Waals surface area contributed by atoms with Gasteiger partial charge in [-0.05, 0) is 55.0 Å². The topological polar surface area (TPSA) is 84.9 Å². The van der Waals surface area contributed by atoms with Gasteiger partial charge in [0.25, 0.3) is 5.91 Å². The van der Waals surface area contributed by atoms with Crippen LogP contribution in [-0.4, -0.2) is 49.0 Å². The van der Waals surface area contributed by atoms with E-state index in [2.05, 4.69) is 5.32 Å². The maximum absolute atomic E-state index is 13.1. The van der Waals surface area contributed by atoms with E-state index in [1.54, 1.807) is 12.1 Å². The van der Waals surface area contributed by atoms with Gasteiger partial charge in [-0.25, -0.2) is 4.79 Å². The van der Waals surface area contributed by atoms with Crippen LogP contribution in [0.3, 0.4) is 0 Å². The third-order valence-electron chi connectivity index (χ3n) is 6.83. The molecular weight excluding hydrogens is 451 g/mol. The van der Waals surface area contributed by atoms with Crippen molar-refractivity contribution in [1.29, 1.82) is 0 Å². The van der Waals surface area contributed by atoms with E-state index in [1.165, 1.54) is 13.2 Å². The third kappa shape index (κ3) is 4.75. The Kier molecular flexibility index (Phi) is 6.58. The van der Waals surface area contributed by atoms with Crippen LogP contribution in [0.15, 0.2) is 42.5 Å². The monoisotopic (exact) mass is 477 g/mol. The van der Waals surface area contributed by atoms with Gasteiger partial charge in [-0.1, -0.05) is 24.3 Å². The van der Waals surface area contributed by atoms with Gasteiger partial charge < -0.3 is 19.9 Å². The molecule has 34 heavy (non-hydrogen) atoms. The first-order chi connectivity index (χ1) is 16.1. The molecule has 2 aromatic rings. The SMILES string of the molecule is COc1ccc(C(=O)NC2(C(=O)O)CCC(C(F)(F)F)CC2)cc1-c1cccc(C2COC2)c1. The zero-order valence-electron chi connectivity index (χ0n) is 18.7. The summed E-state index contributed by atoms with van der Waals surface area (Å²) in [5, 5.41) is 12.3. The summed E-state index contributed by atoms with van der Waals surface area (Å²) < 4.78 is 49.9. The molecule has 0 aromatic heterocycles. The quantitative estimate of drug-likeness (QED) is 0.626. The molecule has 2 fully saturated rings. The summed E-state index contributed by atoms with van der Waals surface area (Å²) in [4.78, 5) is 25.1. The number of carbonyl (C=O) groups is 2. The van der Waals surface area contributed by atoms with Crippen molar-refractivity contribution in [2.24, 2.45) is 5.92 Å². The van der Waals surface area contributed by atoms with Gasteiger partial charge in [0.15, 0.2) is 0 Å². The zero-order valence-corrected chi connectivity index (χ0v) is 18.7. The Morgan fingerprint density at radius 3 is 2.38 bits per heavy atom. The number of halogens is 3. The van der Waals surface area contributed by atoms with E-state index in [-0.39, 0.29) is 31.2 Å². The largest absolute Gasteiger partial charge is 0.496 e. The summed E-state index contributed by atoms with van der Waals surface area (Å²) in [5.41, 5.74) is 1.05. The van der Waals surface area contributed by atoms with E-state index < -0.39 is 29.5 Å². The molecule has 0 atom stereocenters. The van der Waals surface area contributed by atoms with Crippen LogP contribution < -0.4 is 10.1 Å². The predicted octanol–water partition coefficient (Wildman–Crippen LogP) is 4.78. The highest BCUT2D eigenvalue weighted by atomic mass is 19.4. The van der Waals surface area contributed by atoms with Gasteiger partial charge in [0.05, 0.1) is 26.2 Å². The van der Waals surface area contributed by atoms with Crippen molar-refractivity contribution < 1.29 is 37.3 Å². The zero-order chi connectivity index (χ0) is 24.5. The standard InChI is InChI=1S/C25H26F3NO5/c1-33-21-6-5-17(12-20(21)16-4-2-3-15(11-16)18-13-34-14-18)22(30)29-24(23(31)32)9-7-19(8-10-24)25(26,27)28/h2-6,11-12,18-19H,7-10,13-14H2,1H3,(H,29,30)(H,31,32). The number of methoxy groups -OCH3 is 1. The highest BCUT2D eigenvalue weighted by Gasteiger charge is 2.49. The van der Waals surface area contributed by atoms with E-state index in [9.17, 15) is 27.9 Å². The van der Waals surface area contributed by atoms with Gasteiger partial charge in [0.1, 0.15) is 11.3 Å². The maximum atomic E-state index is 13.1. The minimum atomic E-state index is -4.38. The molecule has 2 aliphatic rings. The number of aliphatic carboxylic acids is 1. The number of carboxylic acid groups (broad SMARTS) is 1. The average Bonchev–Trinajstić information content (AvgIpc) is 2.77. The van der Waals surface area contributed by atoms with Crippen LogP contribution >= 0.6 is 0 Å². The fourth-order valence-corrected chi connectivity index (χ4v) is 4.58. The van der Waals surface area contributed by atoms with Gasteiger partial charge in [-0.2, -0.15) is 13.2 Å². The summed E-state index contributed by atoms with van der Waals surface area (Å²) in [6, 6.07) is 12.6. The number of nitrogens with one attached hydrogen (secondary N) is 1. The smallest absolute Gasteiger partial charge is 0.391 e. The average molecular weight is 477 g/mol. The highest BCUT2D eigenvalue weighted by molar-refractivity contribution is 5.99. The van der Waals surface area contributed by atoms with Crippen molar-refractivity contribution in [1.82, 2.24) is 5.32 Å². The van der Waals surface area contributed by atoms with Crippen LogP contribution in [0.25, 0.3) is 11.1 Å². The van der Waals surface area contributed by atoms with Crippen molar-refractivity contribution in [3.8, 4) is 16.9 Å². The number of ether oxygens (including phenoxy) is 2. The van der Waals surface area contributed by atoms with Crippen LogP contribution in [0.5, 0.6) is 5.75 Å². The van der Waals surface area contributed by atoms with E-state index in [0.717, 1.165) is 11.1 Å². The van der Waals surface area contributed by atoms with E-state index in [0.29, 0.717) is 30.4 Å². The molecule has 0 spiro atoms. The second kappa shape index (κ2) is 9.29. The summed E-state index contributed by atoms with van der Waals surface area (Å²) in [6.07, 6.45) is -5.64. The number of hydrogen-bond acceptors (Lipinski definition) is 4. The molecular formula is C25H26F3NO5. The molecule has 2 N–H and O–H groups in total. The second-order valence-corrected chi connectivity index (χ2v) is 8.93. The van der Waals surface area contributed by atoms with E-state index >= 15 is 0 Å². The lowest BCUT2D eigenvalue weighted by Gasteiger charge is -2.38. The van der Waals surface area contributed by atoms with Crippen molar-refractivity contribution in [2.75, 3.05) is 20.3 Å². The van der Waals surface area contributed by atoms with Gasteiger partial charge in [0, 0.05) is 17.0 Å². The van der Waals surface area contributed by atoms with Crippen molar-refractivity contribution in [3.63, 3.8) is 0 Å². The molecule has 182 valence electrons. The molecule has 1 amide bonds. The lowest BCUT2D eigenvalue weighted by atomic mass is 9.76. The van der Waals surface area contributed by atoms with Gasteiger partial charge in [-0.15, -0.1) is 0 Å². The molecule has 2 aromatic carbocycles. The summed E-state index contributed by atoms with van der Waals surface area (Å²) in [6.45, 7) is 1.30. The number of rotatable bonds is 6. The minimum Gasteiger partial charge on any atom is -0.496 e. The lowest BCUT2D eigenvalue weighted by Crippen LogP contribution is -2.57. The Morgan fingerprint density at radius 2 is 1.82 bits per heavy atom. The Balaban J connectivity index is 1.58. The molecule has 1 saturated heterocycles. The van der Waals surface area contributed by atoms with E-state index in [1.807, 2.05) is 24.3 Å². The molecule has 0 radical (unpaired) electrons. The van der Waals surface area contributed by atoms with Crippen molar-refractivity contribution in [3.05, 3.63) is 53.6 Å². The van der Waals surface area contributed by atoms with Crippen LogP contribution in [0, 0.1) is 5.92 Å². The second-order valence-electron chi connectivity index (χ2n) is 8.93. The first-order valence-electron chi connectivity index (χ1n) is 11.1. The molecule has 1 saturated carbocycles. The third-order valence-corrected chi connectivity index (χ3v) is 6.83. The molecule has 6 nitrogen and oxygen atoms in total. The number of carbonyl (C=O) groups excluding carboxylic acids is 1. The number of alkyl halides is 3. The predicted molar refractivity (Wildman–Crippen MR) is 118 cm³/mol. The number of carboxylic acids is 1. The normalized spacial score (nSPS) is 23.1. The molecule has 4 rings (SSSR count). The molecule has 0 bridgehead atoms. The van der Waals surface area contributed by atoms with Crippen molar-refractivity contribution >= 4 is 11.9 Å². The number of benzene rings is 2. The van der Waals surface area contributed by atoms with Crippen molar-refractivity contribution in [2.45, 2.75) is 43.3 Å². The van der Waals surface area contributed by atoms with Gasteiger partial charge in [-0.3, -0.25) is 4.79 Å². The van der Waals surface area contributed by atoms with Crippen LogP contribution in [0.2, 0.25) is 0 Å². The molecule has 0 unspecified atom stereocenters. The summed E-state index contributed by atoms with van der Waals surface area (Å²) >= 11 is 0. The molecule has 1 aliphatic heterocycles. The van der Waals surface area contributed by atoms with Gasteiger partial charge in [0.2, 0.25) is 0 Å². The molecule has 1 heterocycles. The van der Waals surface area contributed by atoms with Gasteiger partial charge >= 0.3 is 12.1 Å². The Bertz CT molecular complexity index is 1070. The number of hydrogen-bond donors (Lipinski definition) is 2. The van der Waals surface area contributed by atoms with Crippen LogP contribution in [-0.2, 0) is 9.53 Å². The molecule has 1 aliphatic carbocycles. The van der Waals surface area contributed by atoms with Crippen LogP contribution in [0.1, 0.15) is 47.5 Å². The van der Waals surface area contributed by atoms with Crippen LogP contribution in [0.4, 0.5) is 13.2 Å². The number of amides is 1. The lowest BCUT2D eigenvalue weighted by molar-refractivity contribution is -0.187.